The number of likely N-dealkylation sites (tertiary alicyclic amines) is 1. The minimum atomic E-state index is -0.642. The largest absolute Gasteiger partial charge is 0.507 e. The molecule has 1 amide bonds. The summed E-state index contributed by atoms with van der Waals surface area (Å²) in [5.74, 6) is -1.35. The summed E-state index contributed by atoms with van der Waals surface area (Å²) in [7, 11) is 3.92. The first-order valence-electron chi connectivity index (χ1n) is 11.3. The van der Waals surface area contributed by atoms with E-state index in [2.05, 4.69) is 4.90 Å². The van der Waals surface area contributed by atoms with Crippen LogP contribution in [0.2, 0.25) is 0 Å². The predicted molar refractivity (Wildman–Crippen MR) is 128 cm³/mol. The summed E-state index contributed by atoms with van der Waals surface area (Å²) < 4.78 is 5.42. The van der Waals surface area contributed by atoms with Gasteiger partial charge in [0.2, 0.25) is 0 Å². The number of hydrogen-bond acceptors (Lipinski definition) is 6. The Morgan fingerprint density at radius 2 is 1.64 bits per heavy atom. The lowest BCUT2D eigenvalue weighted by atomic mass is 9.95. The van der Waals surface area contributed by atoms with Crippen molar-refractivity contribution in [2.24, 2.45) is 0 Å². The summed E-state index contributed by atoms with van der Waals surface area (Å²) in [5, 5.41) is 11.2. The molecule has 2 aromatic rings. The smallest absolute Gasteiger partial charge is 0.295 e. The van der Waals surface area contributed by atoms with Gasteiger partial charge in [-0.05, 0) is 24.6 Å². The molecule has 2 aliphatic rings. The van der Waals surface area contributed by atoms with Crippen LogP contribution in [0.5, 0.6) is 0 Å². The van der Waals surface area contributed by atoms with Gasteiger partial charge < -0.3 is 19.6 Å². The van der Waals surface area contributed by atoms with Crippen molar-refractivity contribution in [3.8, 4) is 0 Å². The summed E-state index contributed by atoms with van der Waals surface area (Å²) in [6.07, 6.45) is 0. The Bertz CT molecular complexity index is 1040. The third-order valence-corrected chi connectivity index (χ3v) is 6.35. The van der Waals surface area contributed by atoms with Crippen LogP contribution in [0, 0.1) is 6.92 Å². The third kappa shape index (κ3) is 4.79. The van der Waals surface area contributed by atoms with Crippen molar-refractivity contribution in [2.45, 2.75) is 13.0 Å². The van der Waals surface area contributed by atoms with Crippen molar-refractivity contribution in [1.29, 1.82) is 0 Å². The summed E-state index contributed by atoms with van der Waals surface area (Å²) in [4.78, 5) is 32.1. The van der Waals surface area contributed by atoms with Crippen molar-refractivity contribution in [2.75, 3.05) is 58.4 Å². The first-order chi connectivity index (χ1) is 15.9. The zero-order valence-corrected chi connectivity index (χ0v) is 19.5. The Labute approximate surface area is 194 Å². The summed E-state index contributed by atoms with van der Waals surface area (Å²) in [5.41, 5.74) is 3.54. The van der Waals surface area contributed by atoms with Crippen LogP contribution in [-0.2, 0) is 14.3 Å². The van der Waals surface area contributed by atoms with E-state index < -0.39 is 17.7 Å². The fourth-order valence-corrected chi connectivity index (χ4v) is 4.35. The van der Waals surface area contributed by atoms with Gasteiger partial charge in [0, 0.05) is 51.5 Å². The Kier molecular flexibility index (Phi) is 6.81. The molecule has 174 valence electrons. The molecule has 0 aromatic heterocycles. The molecule has 1 N–H and O–H groups in total. The SMILES string of the molecule is Cc1ccc(C(O)=C2C(=O)C(=O)N(CCN3CCOCC3)C2c2ccc(N(C)C)cc2)cc1. The predicted octanol–water partition coefficient (Wildman–Crippen LogP) is 2.81. The molecular formula is C26H31N3O4. The lowest BCUT2D eigenvalue weighted by Gasteiger charge is -2.31. The monoisotopic (exact) mass is 449 g/mol. The van der Waals surface area contributed by atoms with Gasteiger partial charge in [-0.1, -0.05) is 42.0 Å². The number of hydrogen-bond donors (Lipinski definition) is 1. The molecule has 7 nitrogen and oxygen atoms in total. The number of rotatable bonds is 6. The van der Waals surface area contributed by atoms with Crippen molar-refractivity contribution < 1.29 is 19.4 Å². The van der Waals surface area contributed by atoms with Gasteiger partial charge >= 0.3 is 0 Å². The molecule has 2 aliphatic heterocycles. The van der Waals surface area contributed by atoms with Crippen molar-refractivity contribution >= 4 is 23.1 Å². The first-order valence-corrected chi connectivity index (χ1v) is 11.3. The number of nitrogens with zero attached hydrogens (tertiary/aromatic N) is 3. The zero-order valence-electron chi connectivity index (χ0n) is 19.5. The molecule has 1 unspecified atom stereocenters. The fraction of sp³-hybridized carbons (Fsp3) is 0.385. The van der Waals surface area contributed by atoms with Gasteiger partial charge in [0.15, 0.2) is 0 Å². The van der Waals surface area contributed by atoms with Gasteiger partial charge in [0.1, 0.15) is 5.76 Å². The number of ether oxygens (including phenoxy) is 1. The van der Waals surface area contributed by atoms with Gasteiger partial charge in [-0.2, -0.15) is 0 Å². The van der Waals surface area contributed by atoms with Crippen LogP contribution in [0.15, 0.2) is 54.1 Å². The highest BCUT2D eigenvalue weighted by Crippen LogP contribution is 2.39. The molecule has 0 spiro atoms. The summed E-state index contributed by atoms with van der Waals surface area (Å²) in [6.45, 7) is 5.94. The number of ketones is 1. The molecule has 2 fully saturated rings. The molecular weight excluding hydrogens is 418 g/mol. The third-order valence-electron chi connectivity index (χ3n) is 6.35. The molecule has 0 saturated carbocycles. The fourth-order valence-electron chi connectivity index (χ4n) is 4.35. The van der Waals surface area contributed by atoms with Crippen LogP contribution in [-0.4, -0.2) is 80.1 Å². The highest BCUT2D eigenvalue weighted by atomic mass is 16.5. The highest BCUT2D eigenvalue weighted by Gasteiger charge is 2.46. The van der Waals surface area contributed by atoms with Crippen LogP contribution >= 0.6 is 0 Å². The first kappa shape index (κ1) is 23.0. The van der Waals surface area contributed by atoms with Crippen LogP contribution in [0.25, 0.3) is 5.76 Å². The second-order valence-corrected chi connectivity index (χ2v) is 8.80. The van der Waals surface area contributed by atoms with Gasteiger partial charge in [-0.25, -0.2) is 0 Å². The van der Waals surface area contributed by atoms with E-state index in [1.165, 1.54) is 0 Å². The molecule has 1 atom stereocenters. The molecule has 4 rings (SSSR count). The number of aliphatic hydroxyl groups is 1. The molecule has 0 bridgehead atoms. The highest BCUT2D eigenvalue weighted by molar-refractivity contribution is 6.46. The second-order valence-electron chi connectivity index (χ2n) is 8.80. The Hall–Kier alpha value is -3.16. The second kappa shape index (κ2) is 9.77. The molecule has 7 heteroatoms. The Morgan fingerprint density at radius 3 is 2.24 bits per heavy atom. The van der Waals surface area contributed by atoms with Crippen LogP contribution in [0.4, 0.5) is 5.69 Å². The van der Waals surface area contributed by atoms with E-state index >= 15 is 0 Å². The van der Waals surface area contributed by atoms with E-state index in [1.807, 2.05) is 62.3 Å². The van der Waals surface area contributed by atoms with E-state index in [9.17, 15) is 14.7 Å². The van der Waals surface area contributed by atoms with E-state index in [0.717, 1.165) is 29.9 Å². The van der Waals surface area contributed by atoms with E-state index in [-0.39, 0.29) is 11.3 Å². The van der Waals surface area contributed by atoms with Crippen LogP contribution in [0.1, 0.15) is 22.7 Å². The summed E-state index contributed by atoms with van der Waals surface area (Å²) >= 11 is 0. The van der Waals surface area contributed by atoms with Crippen LogP contribution < -0.4 is 4.90 Å². The number of Topliss-reactive ketones (excluding diaryl/α,β-unsaturated/α-hetero) is 1. The average Bonchev–Trinajstić information content (AvgIpc) is 3.08. The average molecular weight is 450 g/mol. The normalized spacial score (nSPS) is 20.9. The number of benzene rings is 2. The number of carbonyl (C=O) groups is 2. The number of carbonyl (C=O) groups excluding carboxylic acids is 2. The topological polar surface area (TPSA) is 73.3 Å². The number of aryl methyl sites for hydroxylation is 1. The molecule has 2 saturated heterocycles. The Morgan fingerprint density at radius 1 is 1.00 bits per heavy atom. The quantitative estimate of drug-likeness (QED) is 0.415. The molecule has 33 heavy (non-hydrogen) atoms. The van der Waals surface area contributed by atoms with Gasteiger partial charge in [0.25, 0.3) is 11.7 Å². The van der Waals surface area contributed by atoms with Crippen molar-refractivity contribution in [1.82, 2.24) is 9.80 Å². The lowest BCUT2D eigenvalue weighted by Crippen LogP contribution is -2.42. The van der Waals surface area contributed by atoms with Crippen molar-refractivity contribution in [3.63, 3.8) is 0 Å². The van der Waals surface area contributed by atoms with E-state index in [1.54, 1.807) is 17.0 Å². The lowest BCUT2D eigenvalue weighted by molar-refractivity contribution is -0.140. The minimum absolute atomic E-state index is 0.135. The molecule has 0 aliphatic carbocycles. The molecule has 2 aromatic carbocycles. The van der Waals surface area contributed by atoms with Gasteiger partial charge in [-0.15, -0.1) is 0 Å². The van der Waals surface area contributed by atoms with Gasteiger partial charge in [0.05, 0.1) is 24.8 Å². The van der Waals surface area contributed by atoms with Crippen LogP contribution in [0.3, 0.4) is 0 Å². The maximum absolute atomic E-state index is 13.2. The van der Waals surface area contributed by atoms with E-state index in [0.29, 0.717) is 31.9 Å². The molecule has 2 heterocycles. The number of anilines is 1. The standard InChI is InChI=1S/C26H31N3O4/c1-18-4-6-20(7-5-18)24(30)22-23(19-8-10-21(11-9-19)27(2)3)29(26(32)25(22)31)13-12-28-14-16-33-17-15-28/h4-11,23,30H,12-17H2,1-3H3. The molecule has 0 radical (unpaired) electrons. The Balaban J connectivity index is 1.73. The zero-order chi connectivity index (χ0) is 23.5. The maximum Gasteiger partial charge on any atom is 0.295 e. The number of amides is 1. The van der Waals surface area contributed by atoms with E-state index in [4.69, 9.17) is 4.74 Å². The number of morpholine rings is 1. The van der Waals surface area contributed by atoms with Crippen molar-refractivity contribution in [3.05, 3.63) is 70.8 Å². The maximum atomic E-state index is 13.2. The minimum Gasteiger partial charge on any atom is -0.507 e. The van der Waals surface area contributed by atoms with Gasteiger partial charge in [-0.3, -0.25) is 14.5 Å². The number of aliphatic hydroxyl groups excluding tert-OH is 1. The summed E-state index contributed by atoms with van der Waals surface area (Å²) in [6, 6.07) is 14.5.